The van der Waals surface area contributed by atoms with Crippen LogP contribution in [0, 0.1) is 0 Å². The fourth-order valence-electron chi connectivity index (χ4n) is 3.25. The van der Waals surface area contributed by atoms with Crippen molar-refractivity contribution in [1.82, 2.24) is 4.90 Å². The smallest absolute Gasteiger partial charge is 0.323 e. The zero-order valence-corrected chi connectivity index (χ0v) is 15.0. The van der Waals surface area contributed by atoms with Crippen molar-refractivity contribution in [3.63, 3.8) is 0 Å². The van der Waals surface area contributed by atoms with Gasteiger partial charge in [-0.2, -0.15) is 0 Å². The molecule has 0 unspecified atom stereocenters. The number of carbonyl (C=O) groups excluding carboxylic acids is 2. The van der Waals surface area contributed by atoms with Gasteiger partial charge < -0.3 is 9.47 Å². The monoisotopic (exact) mass is 345 g/mol. The molecule has 0 saturated carbocycles. The highest BCUT2D eigenvalue weighted by atomic mass is 16.5. The van der Waals surface area contributed by atoms with Crippen molar-refractivity contribution < 1.29 is 19.1 Å². The number of nitrogens with zero attached hydrogens (tertiary/aromatic N) is 1. The van der Waals surface area contributed by atoms with E-state index in [9.17, 15) is 9.59 Å². The van der Waals surface area contributed by atoms with Crippen LogP contribution in [0.5, 0.6) is 0 Å². The van der Waals surface area contributed by atoms with E-state index in [0.717, 1.165) is 24.8 Å². The van der Waals surface area contributed by atoms with E-state index in [2.05, 4.69) is 6.08 Å². The van der Waals surface area contributed by atoms with E-state index in [0.29, 0.717) is 19.6 Å². The van der Waals surface area contributed by atoms with Crippen molar-refractivity contribution >= 4 is 18.0 Å². The summed E-state index contributed by atoms with van der Waals surface area (Å²) in [5.41, 5.74) is 1.13. The number of esters is 2. The Morgan fingerprint density at radius 3 is 2.76 bits per heavy atom. The highest BCUT2D eigenvalue weighted by Crippen LogP contribution is 2.24. The molecule has 5 nitrogen and oxygen atoms in total. The molecule has 1 aliphatic heterocycles. The molecular formula is C20H27NO4. The summed E-state index contributed by atoms with van der Waals surface area (Å²) in [5.74, 6) is -0.530. The Hall–Kier alpha value is -2.14. The zero-order valence-electron chi connectivity index (χ0n) is 15.0. The maximum absolute atomic E-state index is 12.4. The van der Waals surface area contributed by atoms with Crippen LogP contribution in [0.4, 0.5) is 0 Å². The van der Waals surface area contributed by atoms with Crippen molar-refractivity contribution in [3.05, 3.63) is 42.0 Å². The average Bonchev–Trinajstić information content (AvgIpc) is 3.11. The van der Waals surface area contributed by atoms with Crippen LogP contribution in [0.3, 0.4) is 0 Å². The number of benzene rings is 1. The van der Waals surface area contributed by atoms with E-state index in [4.69, 9.17) is 9.47 Å². The molecule has 2 rings (SSSR count). The van der Waals surface area contributed by atoms with E-state index in [1.807, 2.05) is 41.3 Å². The molecule has 0 N–H and O–H groups in total. The summed E-state index contributed by atoms with van der Waals surface area (Å²) in [6, 6.07) is 9.28. The highest BCUT2D eigenvalue weighted by molar-refractivity contribution is 5.80. The normalized spacial score (nSPS) is 19.0. The quantitative estimate of drug-likeness (QED) is 0.678. The summed E-state index contributed by atoms with van der Waals surface area (Å²) in [6.07, 6.45) is 7.07. The van der Waals surface area contributed by atoms with Crippen molar-refractivity contribution in [1.29, 1.82) is 0 Å². The van der Waals surface area contributed by atoms with Crippen molar-refractivity contribution in [2.24, 2.45) is 0 Å². The number of ether oxygens (including phenoxy) is 2. The number of hydrogen-bond acceptors (Lipinski definition) is 5. The van der Waals surface area contributed by atoms with Crippen LogP contribution in [0.1, 0.15) is 38.2 Å². The maximum atomic E-state index is 12.4. The van der Waals surface area contributed by atoms with Crippen LogP contribution in [0.15, 0.2) is 36.4 Å². The van der Waals surface area contributed by atoms with Crippen LogP contribution < -0.4 is 0 Å². The number of allylic oxidation sites excluding steroid dienone is 1. The Labute approximate surface area is 149 Å². The Bertz CT molecular complexity index is 585. The molecule has 2 atom stereocenters. The van der Waals surface area contributed by atoms with Gasteiger partial charge in [0.1, 0.15) is 12.1 Å². The summed E-state index contributed by atoms with van der Waals surface area (Å²) >= 11 is 0. The summed E-state index contributed by atoms with van der Waals surface area (Å²) in [5, 5.41) is 0. The van der Waals surface area contributed by atoms with Gasteiger partial charge in [-0.15, -0.1) is 0 Å². The van der Waals surface area contributed by atoms with Gasteiger partial charge in [-0.25, -0.2) is 0 Å². The number of methoxy groups -OCH3 is 1. The Balaban J connectivity index is 2.01. The van der Waals surface area contributed by atoms with E-state index in [1.165, 1.54) is 7.11 Å². The number of likely N-dealkylation sites (tertiary alicyclic amines) is 1. The van der Waals surface area contributed by atoms with Gasteiger partial charge in [0.2, 0.25) is 0 Å². The first-order valence-corrected chi connectivity index (χ1v) is 8.89. The second-order valence-electron chi connectivity index (χ2n) is 6.08. The lowest BCUT2D eigenvalue weighted by molar-refractivity contribution is -0.154. The SMILES string of the molecule is CCOC(=O)[C@@H](CC/C=C\c1ccccc1)N1CCC[C@H]1C(=O)OC. The molecule has 1 aromatic rings. The summed E-state index contributed by atoms with van der Waals surface area (Å²) in [6.45, 7) is 2.85. The second kappa shape index (κ2) is 9.99. The van der Waals surface area contributed by atoms with Crippen LogP contribution in [0.25, 0.3) is 6.08 Å². The summed E-state index contributed by atoms with van der Waals surface area (Å²) in [7, 11) is 1.39. The predicted molar refractivity (Wildman–Crippen MR) is 96.9 cm³/mol. The van der Waals surface area contributed by atoms with Gasteiger partial charge in [-0.1, -0.05) is 42.5 Å². The molecule has 0 spiro atoms. The minimum atomic E-state index is -0.410. The third-order valence-corrected chi connectivity index (χ3v) is 4.44. The van der Waals surface area contributed by atoms with Crippen LogP contribution >= 0.6 is 0 Å². The molecule has 0 bridgehead atoms. The topological polar surface area (TPSA) is 55.8 Å². The van der Waals surface area contributed by atoms with Gasteiger partial charge in [0.15, 0.2) is 0 Å². The average molecular weight is 345 g/mol. The van der Waals surface area contributed by atoms with Gasteiger partial charge in [0.05, 0.1) is 13.7 Å². The van der Waals surface area contributed by atoms with Crippen molar-refractivity contribution in [2.75, 3.05) is 20.3 Å². The van der Waals surface area contributed by atoms with Gasteiger partial charge in [-0.3, -0.25) is 14.5 Å². The fraction of sp³-hybridized carbons (Fsp3) is 0.500. The van der Waals surface area contributed by atoms with E-state index in [-0.39, 0.29) is 18.0 Å². The number of rotatable bonds is 8. The van der Waals surface area contributed by atoms with Crippen molar-refractivity contribution in [3.8, 4) is 0 Å². The fourth-order valence-corrected chi connectivity index (χ4v) is 3.25. The third-order valence-electron chi connectivity index (χ3n) is 4.44. The Kier molecular flexibility index (Phi) is 7.67. The first kappa shape index (κ1) is 19.2. The Morgan fingerprint density at radius 2 is 2.08 bits per heavy atom. The van der Waals surface area contributed by atoms with Crippen LogP contribution in [0.2, 0.25) is 0 Å². The second-order valence-corrected chi connectivity index (χ2v) is 6.08. The van der Waals surface area contributed by atoms with Gasteiger partial charge >= 0.3 is 11.9 Å². The van der Waals surface area contributed by atoms with E-state index >= 15 is 0 Å². The predicted octanol–water partition coefficient (Wildman–Crippen LogP) is 3.05. The zero-order chi connectivity index (χ0) is 18.1. The minimum absolute atomic E-state index is 0.258. The molecule has 0 amide bonds. The first-order chi connectivity index (χ1) is 12.2. The molecule has 1 aliphatic rings. The molecular weight excluding hydrogens is 318 g/mol. The summed E-state index contributed by atoms with van der Waals surface area (Å²) < 4.78 is 10.1. The van der Waals surface area contributed by atoms with Crippen LogP contribution in [-0.2, 0) is 19.1 Å². The van der Waals surface area contributed by atoms with E-state index < -0.39 is 6.04 Å². The molecule has 25 heavy (non-hydrogen) atoms. The lowest BCUT2D eigenvalue weighted by atomic mass is 10.1. The van der Waals surface area contributed by atoms with Gasteiger partial charge in [-0.05, 0) is 44.7 Å². The molecule has 0 radical (unpaired) electrons. The summed E-state index contributed by atoms with van der Waals surface area (Å²) in [4.78, 5) is 26.3. The first-order valence-electron chi connectivity index (χ1n) is 8.89. The molecule has 0 aliphatic carbocycles. The molecule has 5 heteroatoms. The largest absolute Gasteiger partial charge is 0.468 e. The number of carbonyl (C=O) groups is 2. The number of hydrogen-bond donors (Lipinski definition) is 0. The standard InChI is InChI=1S/C20H27NO4/c1-3-25-20(23)18(21-15-9-14-17(21)19(22)24-2)13-8-7-12-16-10-5-4-6-11-16/h4-7,10-12,17-18H,3,8-9,13-15H2,1-2H3/b12-7-/t17-,18+/m0/s1. The minimum Gasteiger partial charge on any atom is -0.468 e. The lowest BCUT2D eigenvalue weighted by Gasteiger charge is -2.29. The van der Waals surface area contributed by atoms with Crippen molar-refractivity contribution in [2.45, 2.75) is 44.7 Å². The molecule has 1 saturated heterocycles. The molecule has 1 heterocycles. The molecule has 1 aromatic carbocycles. The highest BCUT2D eigenvalue weighted by Gasteiger charge is 2.39. The maximum Gasteiger partial charge on any atom is 0.323 e. The third kappa shape index (κ3) is 5.43. The molecule has 1 fully saturated rings. The molecule has 0 aromatic heterocycles. The van der Waals surface area contributed by atoms with E-state index in [1.54, 1.807) is 6.92 Å². The van der Waals surface area contributed by atoms with Gasteiger partial charge in [0, 0.05) is 0 Å². The Morgan fingerprint density at radius 1 is 1.32 bits per heavy atom. The molecule has 136 valence electrons. The van der Waals surface area contributed by atoms with Gasteiger partial charge in [0.25, 0.3) is 0 Å². The lowest BCUT2D eigenvalue weighted by Crippen LogP contribution is -2.48. The van der Waals surface area contributed by atoms with Crippen LogP contribution in [-0.4, -0.2) is 49.2 Å².